The molecule has 0 spiro atoms. The van der Waals surface area contributed by atoms with Gasteiger partial charge in [-0.3, -0.25) is 9.78 Å². The third-order valence-corrected chi connectivity index (χ3v) is 3.62. The molecule has 0 aliphatic carbocycles. The van der Waals surface area contributed by atoms with E-state index in [9.17, 15) is 13.6 Å². The number of carbonyl (C=O) groups excluding carboxylic acids is 1. The van der Waals surface area contributed by atoms with Gasteiger partial charge in [-0.2, -0.15) is 0 Å². The van der Waals surface area contributed by atoms with Crippen molar-refractivity contribution in [3.8, 4) is 0 Å². The van der Waals surface area contributed by atoms with E-state index < -0.39 is 13.0 Å². The second-order valence-corrected chi connectivity index (χ2v) is 4.97. The summed E-state index contributed by atoms with van der Waals surface area (Å²) >= 11 is 1.24. The summed E-state index contributed by atoms with van der Waals surface area (Å²) in [6, 6.07) is 3.59. The van der Waals surface area contributed by atoms with Crippen LogP contribution in [-0.2, 0) is 4.74 Å². The lowest BCUT2D eigenvalue weighted by molar-refractivity contribution is 0.0188. The zero-order valence-corrected chi connectivity index (χ0v) is 11.3. The molecule has 108 valence electrons. The molecule has 2 aromatic heterocycles. The molecule has 8 heteroatoms. The normalized spacial score (nSPS) is 11.2. The van der Waals surface area contributed by atoms with Crippen molar-refractivity contribution in [2.75, 3.05) is 25.5 Å². The first kappa shape index (κ1) is 14.6. The lowest BCUT2D eigenvalue weighted by Gasteiger charge is -2.05. The highest BCUT2D eigenvalue weighted by molar-refractivity contribution is 7.21. The van der Waals surface area contributed by atoms with Crippen LogP contribution in [0.3, 0.4) is 0 Å². The molecule has 0 unspecified atom stereocenters. The van der Waals surface area contributed by atoms with Gasteiger partial charge in [0.15, 0.2) is 0 Å². The van der Waals surface area contributed by atoms with Crippen molar-refractivity contribution in [1.29, 1.82) is 0 Å². The third-order valence-electron chi connectivity index (χ3n) is 2.46. The SMILES string of the molecule is Nc1c(C(=O)NCCOCC(F)F)sc2cccnc12. The van der Waals surface area contributed by atoms with E-state index in [2.05, 4.69) is 15.0 Å². The summed E-state index contributed by atoms with van der Waals surface area (Å²) in [5.41, 5.74) is 6.79. The van der Waals surface area contributed by atoms with Crippen LogP contribution in [0.5, 0.6) is 0 Å². The Balaban J connectivity index is 1.93. The fourth-order valence-electron chi connectivity index (χ4n) is 1.61. The minimum atomic E-state index is -2.50. The number of rotatable bonds is 6. The minimum absolute atomic E-state index is 0.0269. The molecule has 0 aromatic carbocycles. The lowest BCUT2D eigenvalue weighted by Crippen LogP contribution is -2.27. The van der Waals surface area contributed by atoms with Gasteiger partial charge in [-0.1, -0.05) is 0 Å². The first-order valence-electron chi connectivity index (χ1n) is 5.86. The van der Waals surface area contributed by atoms with Gasteiger partial charge >= 0.3 is 0 Å². The van der Waals surface area contributed by atoms with Crippen LogP contribution in [0.2, 0.25) is 0 Å². The number of amides is 1. The molecule has 0 atom stereocenters. The van der Waals surface area contributed by atoms with Crippen molar-refractivity contribution >= 4 is 33.1 Å². The Morgan fingerprint density at radius 1 is 1.55 bits per heavy atom. The minimum Gasteiger partial charge on any atom is -0.396 e. The molecule has 1 amide bonds. The van der Waals surface area contributed by atoms with Crippen molar-refractivity contribution in [2.45, 2.75) is 6.43 Å². The summed E-state index contributed by atoms with van der Waals surface area (Å²) < 4.78 is 29.1. The Hall–Kier alpha value is -1.80. The number of hydrogen-bond donors (Lipinski definition) is 2. The van der Waals surface area contributed by atoms with Crippen LogP contribution in [0.1, 0.15) is 9.67 Å². The highest BCUT2D eigenvalue weighted by Gasteiger charge is 2.16. The molecule has 0 aliphatic heterocycles. The van der Waals surface area contributed by atoms with Crippen molar-refractivity contribution in [2.24, 2.45) is 0 Å². The van der Waals surface area contributed by atoms with Gasteiger partial charge in [0, 0.05) is 12.7 Å². The number of ether oxygens (including phenoxy) is 1. The average Bonchev–Trinajstić information content (AvgIpc) is 2.76. The van der Waals surface area contributed by atoms with Crippen molar-refractivity contribution in [3.63, 3.8) is 0 Å². The number of nitrogens with zero attached hydrogens (tertiary/aromatic N) is 1. The van der Waals surface area contributed by atoms with E-state index in [1.807, 2.05) is 6.07 Å². The highest BCUT2D eigenvalue weighted by Crippen LogP contribution is 2.31. The molecule has 0 bridgehead atoms. The molecule has 2 aromatic rings. The van der Waals surface area contributed by atoms with Gasteiger partial charge in [0.1, 0.15) is 17.0 Å². The number of thiophene rings is 1. The van der Waals surface area contributed by atoms with E-state index in [4.69, 9.17) is 5.73 Å². The molecule has 5 nitrogen and oxygen atoms in total. The van der Waals surface area contributed by atoms with Crippen LogP contribution in [0.15, 0.2) is 18.3 Å². The van der Waals surface area contributed by atoms with Crippen LogP contribution >= 0.6 is 11.3 Å². The predicted molar refractivity (Wildman–Crippen MR) is 73.2 cm³/mol. The van der Waals surface area contributed by atoms with Crippen LogP contribution in [0, 0.1) is 0 Å². The first-order valence-corrected chi connectivity index (χ1v) is 6.68. The first-order chi connectivity index (χ1) is 9.59. The van der Waals surface area contributed by atoms with Crippen LogP contribution in [0.4, 0.5) is 14.5 Å². The Morgan fingerprint density at radius 2 is 2.35 bits per heavy atom. The summed E-state index contributed by atoms with van der Waals surface area (Å²) in [6.07, 6.45) is -0.902. The average molecular weight is 301 g/mol. The summed E-state index contributed by atoms with van der Waals surface area (Å²) in [5.74, 6) is -0.355. The van der Waals surface area contributed by atoms with Gasteiger partial charge in [0.25, 0.3) is 12.3 Å². The molecule has 2 heterocycles. The third kappa shape index (κ3) is 3.40. The van der Waals surface area contributed by atoms with Gasteiger partial charge in [0.2, 0.25) is 0 Å². The van der Waals surface area contributed by atoms with Crippen LogP contribution in [0.25, 0.3) is 10.2 Å². The number of halogens is 2. The summed E-state index contributed by atoms with van der Waals surface area (Å²) in [5, 5.41) is 2.57. The summed E-state index contributed by atoms with van der Waals surface area (Å²) in [7, 11) is 0. The van der Waals surface area contributed by atoms with E-state index >= 15 is 0 Å². The molecule has 0 radical (unpaired) electrons. The standard InChI is InChI=1S/C12H13F2N3O2S/c13-8(14)6-19-5-4-17-12(18)11-9(15)10-7(20-11)2-1-3-16-10/h1-3,8H,4-6,15H2,(H,17,18). The molecule has 0 fully saturated rings. The maximum Gasteiger partial charge on any atom is 0.263 e. The van der Waals surface area contributed by atoms with Crippen LogP contribution in [-0.4, -0.2) is 37.1 Å². The number of anilines is 1. The molecule has 20 heavy (non-hydrogen) atoms. The van der Waals surface area contributed by atoms with Gasteiger partial charge in [-0.05, 0) is 12.1 Å². The lowest BCUT2D eigenvalue weighted by atomic mass is 10.3. The second-order valence-electron chi connectivity index (χ2n) is 3.92. The molecule has 2 rings (SSSR count). The number of fused-ring (bicyclic) bond motifs is 1. The fraction of sp³-hybridized carbons (Fsp3) is 0.333. The quantitative estimate of drug-likeness (QED) is 0.799. The van der Waals surface area contributed by atoms with E-state index in [0.717, 1.165) is 4.70 Å². The second kappa shape index (κ2) is 6.58. The zero-order chi connectivity index (χ0) is 14.5. The number of alkyl halides is 2. The number of hydrogen-bond acceptors (Lipinski definition) is 5. The molecule has 3 N–H and O–H groups in total. The zero-order valence-electron chi connectivity index (χ0n) is 10.4. The molecule has 0 saturated carbocycles. The van der Waals surface area contributed by atoms with Gasteiger partial charge < -0.3 is 15.8 Å². The fourth-order valence-corrected chi connectivity index (χ4v) is 2.60. The topological polar surface area (TPSA) is 77.2 Å². The van der Waals surface area contributed by atoms with E-state index in [1.54, 1.807) is 12.3 Å². The monoisotopic (exact) mass is 301 g/mol. The van der Waals surface area contributed by atoms with Gasteiger partial charge in [-0.15, -0.1) is 11.3 Å². The number of nitrogens with one attached hydrogen (secondary N) is 1. The van der Waals surface area contributed by atoms with Gasteiger partial charge in [0.05, 0.1) is 17.0 Å². The Morgan fingerprint density at radius 3 is 3.05 bits per heavy atom. The van der Waals surface area contributed by atoms with Gasteiger partial charge in [-0.25, -0.2) is 8.78 Å². The number of nitrogens with two attached hydrogens (primary N) is 1. The predicted octanol–water partition coefficient (Wildman–Crippen LogP) is 1.89. The van der Waals surface area contributed by atoms with E-state index in [-0.39, 0.29) is 19.1 Å². The number of nitrogen functional groups attached to an aromatic ring is 1. The van der Waals surface area contributed by atoms with Crippen LogP contribution < -0.4 is 11.1 Å². The Bertz CT molecular complexity index is 603. The van der Waals surface area contributed by atoms with E-state index in [0.29, 0.717) is 16.1 Å². The molecule has 0 saturated heterocycles. The maximum absolute atomic E-state index is 11.9. The van der Waals surface area contributed by atoms with Crippen molar-refractivity contribution in [1.82, 2.24) is 10.3 Å². The van der Waals surface area contributed by atoms with Crippen molar-refractivity contribution < 1.29 is 18.3 Å². The molecule has 0 aliphatic rings. The molecular weight excluding hydrogens is 288 g/mol. The number of carbonyl (C=O) groups is 1. The summed E-state index contributed by atoms with van der Waals surface area (Å²) in [6.45, 7) is -0.462. The number of pyridine rings is 1. The highest BCUT2D eigenvalue weighted by atomic mass is 32.1. The van der Waals surface area contributed by atoms with Crippen molar-refractivity contribution in [3.05, 3.63) is 23.2 Å². The number of aromatic nitrogens is 1. The summed E-state index contributed by atoms with van der Waals surface area (Å²) in [4.78, 5) is 16.4. The van der Waals surface area contributed by atoms with E-state index in [1.165, 1.54) is 11.3 Å². The Kier molecular flexibility index (Phi) is 4.80. The smallest absolute Gasteiger partial charge is 0.263 e. The molecular formula is C12H13F2N3O2S. The largest absolute Gasteiger partial charge is 0.396 e. The Labute approximate surface area is 117 Å². The maximum atomic E-state index is 11.9.